The SMILES string of the molecule is Cc1nnc(S[C@H](C)C(=O)Nc2ccc(N3CCOCC3)cc2)n1N. The van der Waals surface area contributed by atoms with E-state index in [-0.39, 0.29) is 11.2 Å². The van der Waals surface area contributed by atoms with Crippen LogP contribution in [0.4, 0.5) is 11.4 Å². The van der Waals surface area contributed by atoms with Gasteiger partial charge >= 0.3 is 0 Å². The van der Waals surface area contributed by atoms with Crippen LogP contribution >= 0.6 is 11.8 Å². The summed E-state index contributed by atoms with van der Waals surface area (Å²) in [7, 11) is 0. The summed E-state index contributed by atoms with van der Waals surface area (Å²) in [6, 6.07) is 7.85. The van der Waals surface area contributed by atoms with Crippen molar-refractivity contribution in [1.82, 2.24) is 14.9 Å². The fraction of sp³-hybridized carbons (Fsp3) is 0.438. The van der Waals surface area contributed by atoms with Gasteiger partial charge in [0.05, 0.1) is 18.5 Å². The van der Waals surface area contributed by atoms with E-state index in [0.717, 1.165) is 37.7 Å². The van der Waals surface area contributed by atoms with Gasteiger partial charge in [-0.15, -0.1) is 10.2 Å². The standard InChI is InChI=1S/C16H22N6O2S/c1-11(25-16-20-19-12(2)22(16)17)15(23)18-13-3-5-14(6-4-13)21-7-9-24-10-8-21/h3-6,11H,7-10,17H2,1-2H3,(H,18,23)/t11-/m1/s1. The Morgan fingerprint density at radius 3 is 2.56 bits per heavy atom. The van der Waals surface area contributed by atoms with E-state index in [9.17, 15) is 4.79 Å². The van der Waals surface area contributed by atoms with Crippen LogP contribution in [0.2, 0.25) is 0 Å². The van der Waals surface area contributed by atoms with E-state index in [2.05, 4.69) is 20.4 Å². The molecule has 25 heavy (non-hydrogen) atoms. The molecule has 3 N–H and O–H groups in total. The molecule has 1 aromatic carbocycles. The zero-order valence-corrected chi connectivity index (χ0v) is 15.1. The summed E-state index contributed by atoms with van der Waals surface area (Å²) in [5.74, 6) is 6.32. The van der Waals surface area contributed by atoms with E-state index in [4.69, 9.17) is 10.6 Å². The molecule has 1 aliphatic heterocycles. The second-order valence-corrected chi connectivity index (χ2v) is 7.10. The monoisotopic (exact) mass is 362 g/mol. The third kappa shape index (κ3) is 4.23. The number of carbonyl (C=O) groups is 1. The third-order valence-electron chi connectivity index (χ3n) is 4.00. The van der Waals surface area contributed by atoms with Gasteiger partial charge in [0.25, 0.3) is 0 Å². The lowest BCUT2D eigenvalue weighted by Gasteiger charge is -2.28. The van der Waals surface area contributed by atoms with Crippen LogP contribution in [-0.2, 0) is 9.53 Å². The number of benzene rings is 1. The maximum absolute atomic E-state index is 12.4. The average molecular weight is 362 g/mol. The molecule has 1 aliphatic rings. The van der Waals surface area contributed by atoms with Crippen LogP contribution in [0.5, 0.6) is 0 Å². The molecule has 0 saturated carbocycles. The molecule has 1 aromatic heterocycles. The number of nitrogens with zero attached hydrogens (tertiary/aromatic N) is 4. The summed E-state index contributed by atoms with van der Waals surface area (Å²) < 4.78 is 6.74. The Kier molecular flexibility index (Phi) is 5.44. The number of carbonyl (C=O) groups excluding carboxylic acids is 1. The summed E-state index contributed by atoms with van der Waals surface area (Å²) >= 11 is 1.27. The van der Waals surface area contributed by atoms with Crippen LogP contribution < -0.4 is 16.1 Å². The molecule has 0 unspecified atom stereocenters. The van der Waals surface area contributed by atoms with Gasteiger partial charge in [-0.2, -0.15) is 0 Å². The largest absolute Gasteiger partial charge is 0.378 e. The van der Waals surface area contributed by atoms with Gasteiger partial charge in [0, 0.05) is 24.5 Å². The maximum atomic E-state index is 12.4. The highest BCUT2D eigenvalue weighted by Gasteiger charge is 2.19. The smallest absolute Gasteiger partial charge is 0.237 e. The first-order valence-electron chi connectivity index (χ1n) is 8.12. The molecule has 2 heterocycles. The molecule has 134 valence electrons. The number of nitrogens with one attached hydrogen (secondary N) is 1. The van der Waals surface area contributed by atoms with Crippen molar-refractivity contribution in [3.05, 3.63) is 30.1 Å². The minimum atomic E-state index is -0.343. The van der Waals surface area contributed by atoms with E-state index in [0.29, 0.717) is 11.0 Å². The molecule has 0 bridgehead atoms. The van der Waals surface area contributed by atoms with Crippen LogP contribution in [0.15, 0.2) is 29.4 Å². The summed E-state index contributed by atoms with van der Waals surface area (Å²) in [6.45, 7) is 6.85. The zero-order valence-electron chi connectivity index (χ0n) is 14.3. The van der Waals surface area contributed by atoms with E-state index >= 15 is 0 Å². The van der Waals surface area contributed by atoms with Crippen molar-refractivity contribution in [2.75, 3.05) is 42.4 Å². The molecule has 3 rings (SSSR count). The van der Waals surface area contributed by atoms with Gasteiger partial charge in [0.1, 0.15) is 5.82 Å². The number of hydrogen-bond acceptors (Lipinski definition) is 7. The number of nitrogens with two attached hydrogens (primary N) is 1. The zero-order chi connectivity index (χ0) is 17.8. The minimum Gasteiger partial charge on any atom is -0.378 e. The predicted molar refractivity (Wildman–Crippen MR) is 98.3 cm³/mol. The van der Waals surface area contributed by atoms with E-state index in [1.807, 2.05) is 31.2 Å². The number of aromatic nitrogens is 3. The third-order valence-corrected chi connectivity index (χ3v) is 5.05. The lowest BCUT2D eigenvalue weighted by molar-refractivity contribution is -0.115. The van der Waals surface area contributed by atoms with E-state index in [1.165, 1.54) is 16.4 Å². The average Bonchev–Trinajstić information content (AvgIpc) is 2.95. The number of amides is 1. The van der Waals surface area contributed by atoms with Crippen molar-refractivity contribution in [2.24, 2.45) is 0 Å². The van der Waals surface area contributed by atoms with E-state index in [1.54, 1.807) is 6.92 Å². The molecule has 0 aliphatic carbocycles. The number of morpholine rings is 1. The molecule has 8 nitrogen and oxygen atoms in total. The van der Waals surface area contributed by atoms with Crippen molar-refractivity contribution in [2.45, 2.75) is 24.3 Å². The molecule has 9 heteroatoms. The first kappa shape index (κ1) is 17.6. The Morgan fingerprint density at radius 1 is 1.28 bits per heavy atom. The first-order valence-corrected chi connectivity index (χ1v) is 9.00. The quantitative estimate of drug-likeness (QED) is 0.610. The van der Waals surface area contributed by atoms with Crippen molar-refractivity contribution >= 4 is 29.0 Å². The van der Waals surface area contributed by atoms with Crippen LogP contribution in [0.1, 0.15) is 12.7 Å². The lowest BCUT2D eigenvalue weighted by Crippen LogP contribution is -2.36. The number of anilines is 2. The van der Waals surface area contributed by atoms with Gasteiger partial charge in [-0.3, -0.25) is 4.79 Å². The summed E-state index contributed by atoms with van der Waals surface area (Å²) in [5, 5.41) is 10.9. The Balaban J connectivity index is 1.57. The molecule has 1 amide bonds. The van der Waals surface area contributed by atoms with Gasteiger partial charge in [-0.1, -0.05) is 11.8 Å². The molecule has 1 atom stereocenters. The number of rotatable bonds is 5. The molecule has 0 spiro atoms. The fourth-order valence-electron chi connectivity index (χ4n) is 2.46. The molecular formula is C16H22N6O2S. The molecular weight excluding hydrogens is 340 g/mol. The number of hydrogen-bond donors (Lipinski definition) is 2. The van der Waals surface area contributed by atoms with Gasteiger partial charge in [-0.25, -0.2) is 4.68 Å². The van der Waals surface area contributed by atoms with Crippen LogP contribution in [0.3, 0.4) is 0 Å². The normalized spacial score (nSPS) is 15.8. The van der Waals surface area contributed by atoms with Crippen molar-refractivity contribution < 1.29 is 9.53 Å². The minimum absolute atomic E-state index is 0.107. The lowest BCUT2D eigenvalue weighted by atomic mass is 10.2. The Hall–Kier alpha value is -2.26. The highest BCUT2D eigenvalue weighted by molar-refractivity contribution is 8.00. The number of aryl methyl sites for hydroxylation is 1. The van der Waals surface area contributed by atoms with Gasteiger partial charge in [0.2, 0.25) is 11.1 Å². The van der Waals surface area contributed by atoms with Gasteiger partial charge < -0.3 is 20.8 Å². The van der Waals surface area contributed by atoms with Crippen LogP contribution in [-0.4, -0.2) is 52.3 Å². The summed E-state index contributed by atoms with van der Waals surface area (Å²) in [5.41, 5.74) is 1.90. The Morgan fingerprint density at radius 2 is 1.96 bits per heavy atom. The molecule has 0 radical (unpaired) electrons. The number of ether oxygens (including phenoxy) is 1. The molecule has 1 saturated heterocycles. The topological polar surface area (TPSA) is 98.3 Å². The second kappa shape index (κ2) is 7.75. The highest BCUT2D eigenvalue weighted by atomic mass is 32.2. The fourth-order valence-corrected chi connectivity index (χ4v) is 3.28. The Bertz CT molecular complexity index is 727. The Labute approximate surface area is 150 Å². The first-order chi connectivity index (χ1) is 12.0. The van der Waals surface area contributed by atoms with Gasteiger partial charge in [0.15, 0.2) is 0 Å². The number of nitrogen functional groups attached to an aromatic ring is 1. The maximum Gasteiger partial charge on any atom is 0.237 e. The highest BCUT2D eigenvalue weighted by Crippen LogP contribution is 2.23. The van der Waals surface area contributed by atoms with Gasteiger partial charge in [-0.05, 0) is 38.1 Å². The van der Waals surface area contributed by atoms with Crippen molar-refractivity contribution in [3.63, 3.8) is 0 Å². The summed E-state index contributed by atoms with van der Waals surface area (Å²) in [6.07, 6.45) is 0. The number of thioether (sulfide) groups is 1. The second-order valence-electron chi connectivity index (χ2n) is 5.80. The predicted octanol–water partition coefficient (Wildman–Crippen LogP) is 1.26. The van der Waals surface area contributed by atoms with Crippen molar-refractivity contribution in [3.8, 4) is 0 Å². The molecule has 2 aromatic rings. The van der Waals surface area contributed by atoms with Crippen LogP contribution in [0.25, 0.3) is 0 Å². The molecule has 1 fully saturated rings. The van der Waals surface area contributed by atoms with E-state index < -0.39 is 0 Å². The summed E-state index contributed by atoms with van der Waals surface area (Å²) in [4.78, 5) is 14.6. The van der Waals surface area contributed by atoms with Crippen LogP contribution in [0, 0.1) is 6.92 Å². The van der Waals surface area contributed by atoms with Crippen molar-refractivity contribution in [1.29, 1.82) is 0 Å².